The van der Waals surface area contributed by atoms with E-state index in [0.29, 0.717) is 5.82 Å². The van der Waals surface area contributed by atoms with Crippen molar-refractivity contribution in [1.82, 2.24) is 5.16 Å². The Balaban J connectivity index is 2.60. The molecule has 0 aliphatic rings. The topological polar surface area (TPSA) is 81.2 Å². The van der Waals surface area contributed by atoms with Gasteiger partial charge in [0.15, 0.2) is 5.82 Å². The van der Waals surface area contributed by atoms with Crippen molar-refractivity contribution in [1.29, 1.82) is 0 Å². The Labute approximate surface area is 69.9 Å². The molecule has 0 saturated heterocycles. The number of carbonyl (C=O) groups excluding carboxylic acids is 1. The van der Waals surface area contributed by atoms with E-state index in [-0.39, 0.29) is 5.91 Å². The van der Waals surface area contributed by atoms with Gasteiger partial charge in [-0.2, -0.15) is 0 Å². The van der Waals surface area contributed by atoms with Gasteiger partial charge in [0.1, 0.15) is 6.26 Å². The van der Waals surface area contributed by atoms with Crippen LogP contribution in [0.25, 0.3) is 0 Å². The molecule has 1 amide bonds. The molecule has 0 spiro atoms. The van der Waals surface area contributed by atoms with Gasteiger partial charge < -0.3 is 15.6 Å². The fourth-order valence-electron chi connectivity index (χ4n) is 0.554. The summed E-state index contributed by atoms with van der Waals surface area (Å²) in [6.45, 7) is 3.23. The number of hydrogen-bond donors (Lipinski definition) is 2. The van der Waals surface area contributed by atoms with E-state index in [9.17, 15) is 4.79 Å². The van der Waals surface area contributed by atoms with Crippen LogP contribution in [-0.4, -0.2) is 16.6 Å². The van der Waals surface area contributed by atoms with Gasteiger partial charge in [-0.05, 0) is 13.8 Å². The number of carbonyl (C=O) groups is 1. The van der Waals surface area contributed by atoms with E-state index in [1.807, 2.05) is 0 Å². The van der Waals surface area contributed by atoms with Crippen molar-refractivity contribution >= 4 is 11.7 Å². The molecule has 0 saturated carbocycles. The molecule has 0 aromatic carbocycles. The molecule has 1 heterocycles. The molecule has 1 rings (SSSR count). The standard InChI is InChI=1S/C7H11N3O2/c1-7(2,8)6(11)9-5-3-4-12-10-5/h3-4H,8H2,1-2H3,(H,9,10,11). The summed E-state index contributed by atoms with van der Waals surface area (Å²) < 4.78 is 4.52. The Morgan fingerprint density at radius 1 is 1.75 bits per heavy atom. The lowest BCUT2D eigenvalue weighted by molar-refractivity contribution is -0.120. The van der Waals surface area contributed by atoms with E-state index in [1.165, 1.54) is 6.26 Å². The Bertz CT molecular complexity index is 261. The minimum Gasteiger partial charge on any atom is -0.363 e. The van der Waals surface area contributed by atoms with Gasteiger partial charge in [0.05, 0.1) is 5.54 Å². The van der Waals surface area contributed by atoms with E-state index in [2.05, 4.69) is 15.0 Å². The zero-order valence-electron chi connectivity index (χ0n) is 7.00. The molecule has 0 bridgehead atoms. The molecule has 5 nitrogen and oxygen atoms in total. The van der Waals surface area contributed by atoms with Gasteiger partial charge in [0.2, 0.25) is 5.91 Å². The molecule has 1 aromatic heterocycles. The van der Waals surface area contributed by atoms with Crippen molar-refractivity contribution in [2.75, 3.05) is 5.32 Å². The van der Waals surface area contributed by atoms with Crippen LogP contribution < -0.4 is 11.1 Å². The average molecular weight is 169 g/mol. The summed E-state index contributed by atoms with van der Waals surface area (Å²) in [7, 11) is 0. The number of anilines is 1. The Hall–Kier alpha value is -1.36. The van der Waals surface area contributed by atoms with Gasteiger partial charge in [0.25, 0.3) is 0 Å². The van der Waals surface area contributed by atoms with Gasteiger partial charge in [-0.3, -0.25) is 4.79 Å². The van der Waals surface area contributed by atoms with Gasteiger partial charge in [-0.1, -0.05) is 5.16 Å². The summed E-state index contributed by atoms with van der Waals surface area (Å²) in [6, 6.07) is 1.55. The number of aromatic nitrogens is 1. The average Bonchev–Trinajstić information content (AvgIpc) is 2.37. The van der Waals surface area contributed by atoms with E-state index in [4.69, 9.17) is 5.73 Å². The number of nitrogens with one attached hydrogen (secondary N) is 1. The third-order valence-electron chi connectivity index (χ3n) is 1.26. The van der Waals surface area contributed by atoms with Crippen molar-refractivity contribution in [3.05, 3.63) is 12.3 Å². The number of nitrogens with two attached hydrogens (primary N) is 1. The monoisotopic (exact) mass is 169 g/mol. The summed E-state index contributed by atoms with van der Waals surface area (Å²) in [6.07, 6.45) is 1.37. The lowest BCUT2D eigenvalue weighted by Crippen LogP contribution is -2.45. The smallest absolute Gasteiger partial charge is 0.245 e. The highest BCUT2D eigenvalue weighted by atomic mass is 16.5. The summed E-state index contributed by atoms with van der Waals surface area (Å²) >= 11 is 0. The van der Waals surface area contributed by atoms with Crippen LogP contribution in [-0.2, 0) is 4.79 Å². The lowest BCUT2D eigenvalue weighted by atomic mass is 10.1. The number of nitrogens with zero attached hydrogens (tertiary/aromatic N) is 1. The van der Waals surface area contributed by atoms with E-state index in [1.54, 1.807) is 19.9 Å². The van der Waals surface area contributed by atoms with Crippen LogP contribution in [0.5, 0.6) is 0 Å². The maximum absolute atomic E-state index is 11.2. The normalized spacial score (nSPS) is 11.2. The zero-order chi connectivity index (χ0) is 9.19. The third kappa shape index (κ3) is 2.06. The first-order chi connectivity index (χ1) is 5.50. The molecule has 0 fully saturated rings. The zero-order valence-corrected chi connectivity index (χ0v) is 7.00. The van der Waals surface area contributed by atoms with Crippen LogP contribution in [0.1, 0.15) is 13.8 Å². The third-order valence-corrected chi connectivity index (χ3v) is 1.26. The van der Waals surface area contributed by atoms with Crippen LogP contribution in [0.2, 0.25) is 0 Å². The maximum atomic E-state index is 11.2. The van der Waals surface area contributed by atoms with Crippen molar-refractivity contribution in [2.45, 2.75) is 19.4 Å². The van der Waals surface area contributed by atoms with Crippen LogP contribution in [0.4, 0.5) is 5.82 Å². The summed E-state index contributed by atoms with van der Waals surface area (Å²) in [5.41, 5.74) is 4.62. The second kappa shape index (κ2) is 2.94. The fraction of sp³-hybridized carbons (Fsp3) is 0.429. The predicted molar refractivity (Wildman–Crippen MR) is 43.4 cm³/mol. The molecule has 0 aliphatic heterocycles. The van der Waals surface area contributed by atoms with Gasteiger partial charge in [0, 0.05) is 6.07 Å². The second-order valence-corrected chi connectivity index (χ2v) is 3.06. The van der Waals surface area contributed by atoms with Crippen molar-refractivity contribution in [3.63, 3.8) is 0 Å². The lowest BCUT2D eigenvalue weighted by Gasteiger charge is -2.15. The predicted octanol–water partition coefficient (Wildman–Crippen LogP) is 0.350. The molecule has 0 unspecified atom stereocenters. The van der Waals surface area contributed by atoms with Crippen molar-refractivity contribution < 1.29 is 9.32 Å². The van der Waals surface area contributed by atoms with Gasteiger partial charge in [-0.15, -0.1) is 0 Å². The highest BCUT2D eigenvalue weighted by Gasteiger charge is 2.22. The van der Waals surface area contributed by atoms with Crippen LogP contribution >= 0.6 is 0 Å². The molecule has 0 atom stereocenters. The van der Waals surface area contributed by atoms with E-state index in [0.717, 1.165) is 0 Å². The van der Waals surface area contributed by atoms with E-state index >= 15 is 0 Å². The number of amides is 1. The molecular weight excluding hydrogens is 158 g/mol. The van der Waals surface area contributed by atoms with Crippen molar-refractivity contribution in [3.8, 4) is 0 Å². The maximum Gasteiger partial charge on any atom is 0.245 e. The van der Waals surface area contributed by atoms with Gasteiger partial charge >= 0.3 is 0 Å². The number of rotatable bonds is 2. The van der Waals surface area contributed by atoms with Crippen LogP contribution in [0.15, 0.2) is 16.9 Å². The Morgan fingerprint density at radius 2 is 2.42 bits per heavy atom. The summed E-state index contributed by atoms with van der Waals surface area (Å²) in [4.78, 5) is 11.2. The minimum atomic E-state index is -0.904. The number of hydrogen-bond acceptors (Lipinski definition) is 4. The molecule has 12 heavy (non-hydrogen) atoms. The first-order valence-corrected chi connectivity index (χ1v) is 3.51. The highest BCUT2D eigenvalue weighted by Crippen LogP contribution is 2.05. The van der Waals surface area contributed by atoms with Crippen LogP contribution in [0, 0.1) is 0 Å². The summed E-state index contributed by atoms with van der Waals surface area (Å²) in [5, 5.41) is 6.00. The molecule has 5 heteroatoms. The molecule has 66 valence electrons. The molecule has 1 aromatic rings. The van der Waals surface area contributed by atoms with E-state index < -0.39 is 5.54 Å². The Morgan fingerprint density at radius 3 is 2.83 bits per heavy atom. The quantitative estimate of drug-likeness (QED) is 0.669. The first kappa shape index (κ1) is 8.73. The molecule has 3 N–H and O–H groups in total. The molecular formula is C7H11N3O2. The second-order valence-electron chi connectivity index (χ2n) is 3.06. The highest BCUT2D eigenvalue weighted by molar-refractivity contribution is 5.96. The van der Waals surface area contributed by atoms with Gasteiger partial charge in [-0.25, -0.2) is 0 Å². The fourth-order valence-corrected chi connectivity index (χ4v) is 0.554. The molecule has 0 aliphatic carbocycles. The molecule has 0 radical (unpaired) electrons. The van der Waals surface area contributed by atoms with Crippen molar-refractivity contribution in [2.24, 2.45) is 5.73 Å². The largest absolute Gasteiger partial charge is 0.363 e. The minimum absolute atomic E-state index is 0.295. The SMILES string of the molecule is CC(C)(N)C(=O)Nc1ccon1. The Kier molecular flexibility index (Phi) is 2.14. The van der Waals surface area contributed by atoms with Crippen LogP contribution in [0.3, 0.4) is 0 Å². The first-order valence-electron chi connectivity index (χ1n) is 3.51. The summed E-state index contributed by atoms with van der Waals surface area (Å²) in [5.74, 6) is 0.0786.